The van der Waals surface area contributed by atoms with E-state index in [0.717, 1.165) is 40.7 Å². The zero-order chi connectivity index (χ0) is 19.3. The van der Waals surface area contributed by atoms with Gasteiger partial charge in [0, 0.05) is 29.7 Å². The van der Waals surface area contributed by atoms with Gasteiger partial charge in [-0.1, -0.05) is 42.5 Å². The van der Waals surface area contributed by atoms with Crippen molar-refractivity contribution in [1.29, 1.82) is 0 Å². The number of hydrogen-bond acceptors (Lipinski definition) is 4. The molecule has 1 aliphatic rings. The summed E-state index contributed by atoms with van der Waals surface area (Å²) >= 11 is 8.00. The van der Waals surface area contributed by atoms with Crippen molar-refractivity contribution < 1.29 is 4.79 Å². The Hall–Kier alpha value is -2.37. The Balaban J connectivity index is 1.47. The molecule has 1 aliphatic heterocycles. The van der Waals surface area contributed by atoms with E-state index in [1.807, 2.05) is 54.6 Å². The van der Waals surface area contributed by atoms with Crippen LogP contribution in [0.1, 0.15) is 30.2 Å². The van der Waals surface area contributed by atoms with Crippen molar-refractivity contribution in [3.63, 3.8) is 0 Å². The van der Waals surface area contributed by atoms with E-state index in [4.69, 9.17) is 16.6 Å². The SMILES string of the molecule is O=C(Nc1cccc(-c2csc(N3CCCCC3)n2)c1)[C@@H](Cl)c1ccccc1. The fourth-order valence-electron chi connectivity index (χ4n) is 3.36. The summed E-state index contributed by atoms with van der Waals surface area (Å²) < 4.78 is 0. The normalized spacial score (nSPS) is 15.2. The number of alkyl halides is 1. The van der Waals surface area contributed by atoms with Crippen molar-refractivity contribution in [2.24, 2.45) is 0 Å². The minimum absolute atomic E-state index is 0.239. The Morgan fingerprint density at radius 2 is 1.86 bits per heavy atom. The molecule has 0 saturated carbocycles. The van der Waals surface area contributed by atoms with Crippen molar-refractivity contribution in [3.05, 3.63) is 65.5 Å². The number of anilines is 2. The van der Waals surface area contributed by atoms with E-state index in [9.17, 15) is 4.79 Å². The third-order valence-electron chi connectivity index (χ3n) is 4.87. The average molecular weight is 412 g/mol. The molecule has 3 aromatic rings. The fraction of sp³-hybridized carbons (Fsp3) is 0.273. The topological polar surface area (TPSA) is 45.2 Å². The maximum absolute atomic E-state index is 12.5. The van der Waals surface area contributed by atoms with Crippen LogP contribution in [0.15, 0.2) is 60.0 Å². The van der Waals surface area contributed by atoms with Gasteiger partial charge in [-0.3, -0.25) is 4.79 Å². The van der Waals surface area contributed by atoms with Crippen molar-refractivity contribution in [3.8, 4) is 11.3 Å². The highest BCUT2D eigenvalue weighted by molar-refractivity contribution is 7.14. The fourth-order valence-corrected chi connectivity index (χ4v) is 4.45. The Labute approximate surface area is 174 Å². The second kappa shape index (κ2) is 8.76. The molecule has 4 rings (SSSR count). The number of carbonyl (C=O) groups is 1. The summed E-state index contributed by atoms with van der Waals surface area (Å²) in [5.74, 6) is -0.239. The van der Waals surface area contributed by atoms with Crippen LogP contribution >= 0.6 is 22.9 Å². The van der Waals surface area contributed by atoms with Crippen LogP contribution in [0.25, 0.3) is 11.3 Å². The summed E-state index contributed by atoms with van der Waals surface area (Å²) in [5, 5.41) is 5.35. The van der Waals surface area contributed by atoms with E-state index >= 15 is 0 Å². The number of nitrogens with zero attached hydrogens (tertiary/aromatic N) is 2. The third-order valence-corrected chi connectivity index (χ3v) is 6.22. The molecule has 0 radical (unpaired) electrons. The first kappa shape index (κ1) is 19.0. The van der Waals surface area contributed by atoms with Crippen LogP contribution in [0.4, 0.5) is 10.8 Å². The molecule has 6 heteroatoms. The standard InChI is InChI=1S/C22H22ClN3OS/c23-20(16-8-3-1-4-9-16)21(27)24-18-11-7-10-17(14-18)19-15-28-22(25-19)26-12-5-2-6-13-26/h1,3-4,7-11,14-15,20H,2,5-6,12-13H2,(H,24,27)/t20-/m0/s1. The van der Waals surface area contributed by atoms with Crippen LogP contribution < -0.4 is 10.2 Å². The van der Waals surface area contributed by atoms with Gasteiger partial charge >= 0.3 is 0 Å². The maximum atomic E-state index is 12.5. The minimum Gasteiger partial charge on any atom is -0.348 e. The average Bonchev–Trinajstić information content (AvgIpc) is 3.25. The number of hydrogen-bond donors (Lipinski definition) is 1. The molecule has 1 saturated heterocycles. The minimum atomic E-state index is -0.727. The Morgan fingerprint density at radius 1 is 1.07 bits per heavy atom. The highest BCUT2D eigenvalue weighted by Crippen LogP contribution is 2.31. The molecule has 0 aliphatic carbocycles. The lowest BCUT2D eigenvalue weighted by molar-refractivity contribution is -0.116. The van der Waals surface area contributed by atoms with Crippen LogP contribution in [-0.2, 0) is 4.79 Å². The second-order valence-electron chi connectivity index (χ2n) is 6.91. The second-order valence-corrected chi connectivity index (χ2v) is 8.18. The molecule has 1 aromatic heterocycles. The molecule has 1 fully saturated rings. The predicted molar refractivity (Wildman–Crippen MR) is 117 cm³/mol. The van der Waals surface area contributed by atoms with Crippen LogP contribution in [0, 0.1) is 0 Å². The zero-order valence-electron chi connectivity index (χ0n) is 15.5. The largest absolute Gasteiger partial charge is 0.348 e. The van der Waals surface area contributed by atoms with Gasteiger partial charge in [-0.15, -0.1) is 22.9 Å². The molecular weight excluding hydrogens is 390 g/mol. The van der Waals surface area contributed by atoms with Gasteiger partial charge in [0.15, 0.2) is 5.13 Å². The molecule has 0 spiro atoms. The van der Waals surface area contributed by atoms with Gasteiger partial charge in [-0.05, 0) is 37.0 Å². The van der Waals surface area contributed by atoms with Gasteiger partial charge < -0.3 is 10.2 Å². The Bertz CT molecular complexity index is 938. The maximum Gasteiger partial charge on any atom is 0.246 e. The summed E-state index contributed by atoms with van der Waals surface area (Å²) in [7, 11) is 0. The zero-order valence-corrected chi connectivity index (χ0v) is 17.0. The predicted octanol–water partition coefficient (Wildman–Crippen LogP) is 5.72. The number of rotatable bonds is 5. The lowest BCUT2D eigenvalue weighted by Crippen LogP contribution is -2.29. The van der Waals surface area contributed by atoms with Crippen LogP contribution in [0.3, 0.4) is 0 Å². The number of halogens is 1. The lowest BCUT2D eigenvalue weighted by Gasteiger charge is -2.25. The van der Waals surface area contributed by atoms with Gasteiger partial charge in [0.05, 0.1) is 5.69 Å². The summed E-state index contributed by atoms with van der Waals surface area (Å²) in [6.07, 6.45) is 3.77. The van der Waals surface area contributed by atoms with E-state index < -0.39 is 5.38 Å². The smallest absolute Gasteiger partial charge is 0.246 e. The van der Waals surface area contributed by atoms with Crippen LogP contribution in [-0.4, -0.2) is 24.0 Å². The number of piperidine rings is 1. The molecule has 28 heavy (non-hydrogen) atoms. The van der Waals surface area contributed by atoms with Gasteiger partial charge in [0.2, 0.25) is 5.91 Å². The summed E-state index contributed by atoms with van der Waals surface area (Å²) in [6, 6.07) is 17.1. The summed E-state index contributed by atoms with van der Waals surface area (Å²) in [6.45, 7) is 2.17. The van der Waals surface area contributed by atoms with Crippen LogP contribution in [0.2, 0.25) is 0 Å². The molecule has 4 nitrogen and oxygen atoms in total. The quantitative estimate of drug-likeness (QED) is 0.546. The number of carbonyl (C=O) groups excluding carboxylic acids is 1. The first-order chi connectivity index (χ1) is 13.7. The third kappa shape index (κ3) is 4.37. The molecule has 144 valence electrons. The first-order valence-corrected chi connectivity index (χ1v) is 10.8. The number of aromatic nitrogens is 1. The van der Waals surface area contributed by atoms with Gasteiger partial charge in [0.25, 0.3) is 0 Å². The van der Waals surface area contributed by atoms with Gasteiger partial charge in [0.1, 0.15) is 5.38 Å². The van der Waals surface area contributed by atoms with Crippen molar-refractivity contribution in [2.75, 3.05) is 23.3 Å². The summed E-state index contributed by atoms with van der Waals surface area (Å²) in [5.41, 5.74) is 3.43. The molecule has 0 unspecified atom stereocenters. The van der Waals surface area contributed by atoms with Crippen molar-refractivity contribution in [2.45, 2.75) is 24.6 Å². The molecule has 0 bridgehead atoms. The van der Waals surface area contributed by atoms with E-state index in [2.05, 4.69) is 15.6 Å². The highest BCUT2D eigenvalue weighted by atomic mass is 35.5. The number of nitrogens with one attached hydrogen (secondary N) is 1. The summed E-state index contributed by atoms with van der Waals surface area (Å²) in [4.78, 5) is 19.7. The van der Waals surface area contributed by atoms with E-state index in [1.165, 1.54) is 19.3 Å². The van der Waals surface area contributed by atoms with Crippen LogP contribution in [0.5, 0.6) is 0 Å². The van der Waals surface area contributed by atoms with E-state index in [0.29, 0.717) is 0 Å². The van der Waals surface area contributed by atoms with E-state index in [1.54, 1.807) is 11.3 Å². The molecule has 2 aromatic carbocycles. The Kier molecular flexibility index (Phi) is 5.93. The lowest BCUT2D eigenvalue weighted by atomic mass is 10.1. The van der Waals surface area contributed by atoms with E-state index in [-0.39, 0.29) is 5.91 Å². The van der Waals surface area contributed by atoms with Crippen molar-refractivity contribution in [1.82, 2.24) is 4.98 Å². The molecular formula is C22H22ClN3OS. The molecule has 2 heterocycles. The number of thiazole rings is 1. The number of benzene rings is 2. The molecule has 1 N–H and O–H groups in total. The van der Waals surface area contributed by atoms with Crippen molar-refractivity contribution >= 4 is 39.7 Å². The Morgan fingerprint density at radius 3 is 2.64 bits per heavy atom. The first-order valence-electron chi connectivity index (χ1n) is 9.51. The molecule has 1 atom stereocenters. The van der Waals surface area contributed by atoms with Gasteiger partial charge in [-0.25, -0.2) is 4.98 Å². The van der Waals surface area contributed by atoms with Gasteiger partial charge in [-0.2, -0.15) is 0 Å². The molecule has 1 amide bonds. The highest BCUT2D eigenvalue weighted by Gasteiger charge is 2.18. The monoisotopic (exact) mass is 411 g/mol. The number of amides is 1.